The van der Waals surface area contributed by atoms with E-state index in [-0.39, 0.29) is 11.7 Å². The fourth-order valence-electron chi connectivity index (χ4n) is 2.45. The van der Waals surface area contributed by atoms with E-state index in [0.717, 1.165) is 12.8 Å². The summed E-state index contributed by atoms with van der Waals surface area (Å²) in [7, 11) is 3.14. The Balaban J connectivity index is 2.37. The molecular formula is C11H16O4. The monoisotopic (exact) mass is 212 g/mol. The highest BCUT2D eigenvalue weighted by Gasteiger charge is 2.50. The number of carbonyl (C=O) groups is 1. The molecule has 1 aliphatic carbocycles. The van der Waals surface area contributed by atoms with Gasteiger partial charge in [-0.1, -0.05) is 0 Å². The summed E-state index contributed by atoms with van der Waals surface area (Å²) in [5, 5.41) is 0. The molecular weight excluding hydrogens is 196 g/mol. The molecule has 4 nitrogen and oxygen atoms in total. The van der Waals surface area contributed by atoms with Gasteiger partial charge in [0.15, 0.2) is 11.5 Å². The number of rotatable bonds is 2. The van der Waals surface area contributed by atoms with Crippen LogP contribution in [0.4, 0.5) is 0 Å². The number of hydrogen-bond acceptors (Lipinski definition) is 4. The van der Waals surface area contributed by atoms with Crippen LogP contribution in [0.3, 0.4) is 0 Å². The maximum Gasteiger partial charge on any atom is 0.230 e. The van der Waals surface area contributed by atoms with E-state index in [9.17, 15) is 4.79 Å². The van der Waals surface area contributed by atoms with E-state index in [0.29, 0.717) is 18.8 Å². The molecule has 2 unspecified atom stereocenters. The predicted octanol–water partition coefficient (Wildman–Crippen LogP) is 1.26. The molecule has 15 heavy (non-hydrogen) atoms. The van der Waals surface area contributed by atoms with E-state index >= 15 is 0 Å². The number of carbonyl (C=O) groups excluding carboxylic acids is 1. The van der Waals surface area contributed by atoms with Gasteiger partial charge in [0.1, 0.15) is 0 Å². The highest BCUT2D eigenvalue weighted by Crippen LogP contribution is 2.42. The summed E-state index contributed by atoms with van der Waals surface area (Å²) in [5.41, 5.74) is 0. The van der Waals surface area contributed by atoms with Crippen LogP contribution in [0, 0.1) is 5.92 Å². The minimum absolute atomic E-state index is 0.0868. The summed E-state index contributed by atoms with van der Waals surface area (Å²) >= 11 is 0. The van der Waals surface area contributed by atoms with Crippen molar-refractivity contribution in [2.75, 3.05) is 20.8 Å². The Morgan fingerprint density at radius 2 is 2.33 bits per heavy atom. The van der Waals surface area contributed by atoms with Crippen molar-refractivity contribution in [3.8, 4) is 0 Å². The maximum atomic E-state index is 11.5. The van der Waals surface area contributed by atoms with Gasteiger partial charge in [0.2, 0.25) is 5.79 Å². The molecule has 0 aromatic carbocycles. The van der Waals surface area contributed by atoms with Crippen LogP contribution in [0.1, 0.15) is 19.3 Å². The molecule has 0 aromatic rings. The first-order chi connectivity index (χ1) is 7.23. The Labute approximate surface area is 89.2 Å². The molecule has 0 amide bonds. The molecule has 0 aromatic heterocycles. The summed E-state index contributed by atoms with van der Waals surface area (Å²) in [5.74, 6) is -0.134. The molecule has 0 spiro atoms. The van der Waals surface area contributed by atoms with Gasteiger partial charge in [0.25, 0.3) is 0 Å². The second-order valence-corrected chi connectivity index (χ2v) is 3.94. The quantitative estimate of drug-likeness (QED) is 0.691. The number of methoxy groups -OCH3 is 2. The zero-order valence-corrected chi connectivity index (χ0v) is 9.12. The molecule has 2 aliphatic rings. The zero-order chi connectivity index (χ0) is 10.9. The Bertz CT molecular complexity index is 297. The van der Waals surface area contributed by atoms with Crippen LogP contribution in [0.5, 0.6) is 0 Å². The summed E-state index contributed by atoms with van der Waals surface area (Å²) in [6.45, 7) is 0.652. The SMILES string of the molecule is COC1=CC(=O)CC2CCCOC12OC. The number of fused-ring (bicyclic) bond motifs is 1. The predicted molar refractivity (Wildman–Crippen MR) is 53.1 cm³/mol. The molecule has 2 atom stereocenters. The fourth-order valence-corrected chi connectivity index (χ4v) is 2.45. The van der Waals surface area contributed by atoms with Crippen LogP contribution in [0.15, 0.2) is 11.8 Å². The van der Waals surface area contributed by atoms with Crippen molar-refractivity contribution < 1.29 is 19.0 Å². The first-order valence-corrected chi connectivity index (χ1v) is 5.21. The van der Waals surface area contributed by atoms with Crippen molar-refractivity contribution in [2.45, 2.75) is 25.0 Å². The molecule has 1 heterocycles. The van der Waals surface area contributed by atoms with Crippen molar-refractivity contribution in [3.63, 3.8) is 0 Å². The van der Waals surface area contributed by atoms with E-state index in [1.54, 1.807) is 14.2 Å². The number of hydrogen-bond donors (Lipinski definition) is 0. The van der Waals surface area contributed by atoms with E-state index < -0.39 is 5.79 Å². The van der Waals surface area contributed by atoms with Gasteiger partial charge in [-0.05, 0) is 12.8 Å². The van der Waals surface area contributed by atoms with Crippen LogP contribution >= 0.6 is 0 Å². The third-order valence-corrected chi connectivity index (χ3v) is 3.16. The van der Waals surface area contributed by atoms with Gasteiger partial charge >= 0.3 is 0 Å². The zero-order valence-electron chi connectivity index (χ0n) is 9.12. The molecule has 0 saturated carbocycles. The van der Waals surface area contributed by atoms with Crippen molar-refractivity contribution >= 4 is 5.78 Å². The molecule has 0 radical (unpaired) electrons. The second-order valence-electron chi connectivity index (χ2n) is 3.94. The third kappa shape index (κ3) is 1.58. The largest absolute Gasteiger partial charge is 0.495 e. The van der Waals surface area contributed by atoms with Crippen LogP contribution in [-0.4, -0.2) is 32.4 Å². The van der Waals surface area contributed by atoms with Crippen molar-refractivity contribution in [2.24, 2.45) is 5.92 Å². The van der Waals surface area contributed by atoms with Crippen LogP contribution in [0.2, 0.25) is 0 Å². The smallest absolute Gasteiger partial charge is 0.230 e. The normalized spacial score (nSPS) is 35.7. The first-order valence-electron chi connectivity index (χ1n) is 5.21. The van der Waals surface area contributed by atoms with E-state index in [2.05, 4.69) is 0 Å². The lowest BCUT2D eigenvalue weighted by Crippen LogP contribution is -2.51. The fraction of sp³-hybridized carbons (Fsp3) is 0.727. The van der Waals surface area contributed by atoms with Gasteiger partial charge in [-0.15, -0.1) is 0 Å². The Morgan fingerprint density at radius 3 is 3.00 bits per heavy atom. The lowest BCUT2D eigenvalue weighted by molar-refractivity contribution is -0.267. The van der Waals surface area contributed by atoms with E-state index in [1.807, 2.05) is 0 Å². The summed E-state index contributed by atoms with van der Waals surface area (Å²) in [4.78, 5) is 11.5. The lowest BCUT2D eigenvalue weighted by Gasteiger charge is -2.44. The average Bonchev–Trinajstić information content (AvgIpc) is 2.27. The van der Waals surface area contributed by atoms with Crippen LogP contribution < -0.4 is 0 Å². The number of allylic oxidation sites excluding steroid dienone is 1. The molecule has 2 rings (SSSR count). The summed E-state index contributed by atoms with van der Waals surface area (Å²) in [6, 6.07) is 0. The van der Waals surface area contributed by atoms with Crippen molar-refractivity contribution in [1.82, 2.24) is 0 Å². The standard InChI is InChI=1S/C11H16O4/c1-13-10-7-9(12)6-8-4-3-5-15-11(8,10)14-2/h7-8H,3-6H2,1-2H3. The highest BCUT2D eigenvalue weighted by molar-refractivity contribution is 5.91. The molecule has 0 N–H and O–H groups in total. The molecule has 1 fully saturated rings. The van der Waals surface area contributed by atoms with Gasteiger partial charge in [-0.25, -0.2) is 0 Å². The van der Waals surface area contributed by atoms with E-state index in [1.165, 1.54) is 6.08 Å². The van der Waals surface area contributed by atoms with Gasteiger partial charge in [-0.2, -0.15) is 0 Å². The van der Waals surface area contributed by atoms with Gasteiger partial charge in [-0.3, -0.25) is 4.79 Å². The van der Waals surface area contributed by atoms with Crippen LogP contribution in [-0.2, 0) is 19.0 Å². The third-order valence-electron chi connectivity index (χ3n) is 3.16. The molecule has 4 heteroatoms. The molecule has 0 bridgehead atoms. The topological polar surface area (TPSA) is 44.8 Å². The van der Waals surface area contributed by atoms with Crippen LogP contribution in [0.25, 0.3) is 0 Å². The minimum Gasteiger partial charge on any atom is -0.495 e. The maximum absolute atomic E-state index is 11.5. The summed E-state index contributed by atoms with van der Waals surface area (Å²) < 4.78 is 16.4. The van der Waals surface area contributed by atoms with E-state index in [4.69, 9.17) is 14.2 Å². The average molecular weight is 212 g/mol. The summed E-state index contributed by atoms with van der Waals surface area (Å²) in [6.07, 6.45) is 3.90. The molecule has 1 aliphatic heterocycles. The Kier molecular flexibility index (Phi) is 2.80. The Morgan fingerprint density at radius 1 is 1.53 bits per heavy atom. The second kappa shape index (κ2) is 3.94. The Hall–Kier alpha value is -0.870. The minimum atomic E-state index is -0.819. The van der Waals surface area contributed by atoms with Gasteiger partial charge in [0.05, 0.1) is 13.7 Å². The molecule has 84 valence electrons. The lowest BCUT2D eigenvalue weighted by atomic mass is 9.81. The highest BCUT2D eigenvalue weighted by atomic mass is 16.7. The van der Waals surface area contributed by atoms with Gasteiger partial charge < -0.3 is 14.2 Å². The number of ether oxygens (including phenoxy) is 3. The number of ketones is 1. The molecule has 1 saturated heterocycles. The van der Waals surface area contributed by atoms with Crippen molar-refractivity contribution in [1.29, 1.82) is 0 Å². The van der Waals surface area contributed by atoms with Gasteiger partial charge in [0, 0.05) is 25.5 Å². The van der Waals surface area contributed by atoms with Crippen molar-refractivity contribution in [3.05, 3.63) is 11.8 Å². The first kappa shape index (κ1) is 10.6.